The van der Waals surface area contributed by atoms with Crippen LogP contribution in [0.4, 0.5) is 5.69 Å². The van der Waals surface area contributed by atoms with E-state index in [9.17, 15) is 5.11 Å². The van der Waals surface area contributed by atoms with Gasteiger partial charge in [-0.2, -0.15) is 0 Å². The third kappa shape index (κ3) is 3.35. The molecule has 0 spiro atoms. The second-order valence-electron chi connectivity index (χ2n) is 6.28. The SMILES string of the molecule is Cc1ccc(-c2nc(-c3ccccc3)nc(-c3cccc(N)c3O)n2)cc1. The summed E-state index contributed by atoms with van der Waals surface area (Å²) in [5, 5.41) is 10.4. The maximum absolute atomic E-state index is 10.4. The molecule has 5 heteroatoms. The molecular formula is C22H18N4O. The second kappa shape index (κ2) is 6.88. The normalized spacial score (nSPS) is 10.7. The van der Waals surface area contributed by atoms with E-state index in [-0.39, 0.29) is 11.4 Å². The first-order valence-corrected chi connectivity index (χ1v) is 8.58. The van der Waals surface area contributed by atoms with Gasteiger partial charge in [-0.05, 0) is 19.1 Å². The average molecular weight is 354 g/mol. The van der Waals surface area contributed by atoms with Crippen molar-refractivity contribution in [2.45, 2.75) is 6.92 Å². The van der Waals surface area contributed by atoms with Gasteiger partial charge in [-0.1, -0.05) is 66.2 Å². The average Bonchev–Trinajstić information content (AvgIpc) is 2.71. The Morgan fingerprint density at radius 2 is 1.26 bits per heavy atom. The third-order valence-electron chi connectivity index (χ3n) is 4.29. The number of phenols is 1. The number of nitrogens with zero attached hydrogens (tertiary/aromatic N) is 3. The Morgan fingerprint density at radius 3 is 1.93 bits per heavy atom. The lowest BCUT2D eigenvalue weighted by Crippen LogP contribution is -2.01. The van der Waals surface area contributed by atoms with Gasteiger partial charge in [0.2, 0.25) is 0 Å². The van der Waals surface area contributed by atoms with Crippen molar-refractivity contribution < 1.29 is 5.11 Å². The lowest BCUT2D eigenvalue weighted by Gasteiger charge is -2.10. The number of nitrogens with two attached hydrogens (primary N) is 1. The number of nitrogen functional groups attached to an aromatic ring is 1. The molecule has 3 aromatic carbocycles. The number of benzene rings is 3. The van der Waals surface area contributed by atoms with Crippen LogP contribution in [0.25, 0.3) is 34.2 Å². The van der Waals surface area contributed by atoms with E-state index in [1.807, 2.05) is 61.5 Å². The van der Waals surface area contributed by atoms with Crippen LogP contribution in [0.1, 0.15) is 5.56 Å². The number of hydrogen-bond acceptors (Lipinski definition) is 5. The Labute approximate surface area is 157 Å². The van der Waals surface area contributed by atoms with E-state index in [1.54, 1.807) is 18.2 Å². The molecule has 1 aromatic heterocycles. The molecule has 132 valence electrons. The zero-order valence-corrected chi connectivity index (χ0v) is 14.8. The van der Waals surface area contributed by atoms with Gasteiger partial charge in [-0.25, -0.2) is 15.0 Å². The summed E-state index contributed by atoms with van der Waals surface area (Å²) < 4.78 is 0. The van der Waals surface area contributed by atoms with Crippen molar-refractivity contribution in [3.63, 3.8) is 0 Å². The highest BCUT2D eigenvalue weighted by Gasteiger charge is 2.15. The van der Waals surface area contributed by atoms with Gasteiger partial charge in [-0.15, -0.1) is 0 Å². The summed E-state index contributed by atoms with van der Waals surface area (Å²) in [5.74, 6) is 1.43. The molecule has 3 N–H and O–H groups in total. The zero-order valence-electron chi connectivity index (χ0n) is 14.8. The number of aromatic hydroxyl groups is 1. The van der Waals surface area contributed by atoms with Crippen molar-refractivity contribution in [2.75, 3.05) is 5.73 Å². The number of phenolic OH excluding ortho intramolecular Hbond substituents is 1. The fraction of sp³-hybridized carbons (Fsp3) is 0.0455. The van der Waals surface area contributed by atoms with Crippen molar-refractivity contribution in [2.24, 2.45) is 0 Å². The van der Waals surface area contributed by atoms with Crippen molar-refractivity contribution in [1.82, 2.24) is 15.0 Å². The van der Waals surface area contributed by atoms with Crippen LogP contribution in [0, 0.1) is 6.92 Å². The Kier molecular flexibility index (Phi) is 4.26. The van der Waals surface area contributed by atoms with E-state index in [1.165, 1.54) is 0 Å². The van der Waals surface area contributed by atoms with Crippen LogP contribution in [0.2, 0.25) is 0 Å². The number of rotatable bonds is 3. The molecular weight excluding hydrogens is 336 g/mol. The molecule has 4 rings (SSSR count). The minimum Gasteiger partial charge on any atom is -0.505 e. The summed E-state index contributed by atoms with van der Waals surface area (Å²) >= 11 is 0. The topological polar surface area (TPSA) is 84.9 Å². The van der Waals surface area contributed by atoms with Gasteiger partial charge in [-0.3, -0.25) is 0 Å². The standard InChI is InChI=1S/C22H18N4O/c1-14-10-12-16(13-11-14)21-24-20(15-6-3-2-4-7-15)25-22(26-21)17-8-5-9-18(23)19(17)27/h2-13,27H,23H2,1H3. The van der Waals surface area contributed by atoms with Gasteiger partial charge >= 0.3 is 0 Å². The summed E-state index contributed by atoms with van der Waals surface area (Å²) in [5.41, 5.74) is 9.52. The monoisotopic (exact) mass is 354 g/mol. The Bertz CT molecular complexity index is 1090. The highest BCUT2D eigenvalue weighted by atomic mass is 16.3. The first-order valence-electron chi connectivity index (χ1n) is 8.58. The summed E-state index contributed by atoms with van der Waals surface area (Å²) in [6.07, 6.45) is 0. The maximum Gasteiger partial charge on any atom is 0.167 e. The van der Waals surface area contributed by atoms with Gasteiger partial charge in [0.25, 0.3) is 0 Å². The van der Waals surface area contributed by atoms with E-state index in [2.05, 4.69) is 15.0 Å². The first kappa shape index (κ1) is 16.7. The van der Waals surface area contributed by atoms with E-state index >= 15 is 0 Å². The quantitative estimate of drug-likeness (QED) is 0.419. The van der Waals surface area contributed by atoms with Crippen LogP contribution in [-0.2, 0) is 0 Å². The largest absolute Gasteiger partial charge is 0.505 e. The molecule has 0 saturated carbocycles. The minimum absolute atomic E-state index is 0.0300. The summed E-state index contributed by atoms with van der Waals surface area (Å²) in [6.45, 7) is 2.03. The second-order valence-corrected chi connectivity index (χ2v) is 6.28. The lowest BCUT2D eigenvalue weighted by atomic mass is 10.1. The Hall–Kier alpha value is -3.73. The molecule has 0 aliphatic heterocycles. The summed E-state index contributed by atoms with van der Waals surface area (Å²) in [6, 6.07) is 22.8. The molecule has 0 atom stereocenters. The van der Waals surface area contributed by atoms with Crippen LogP contribution in [-0.4, -0.2) is 20.1 Å². The van der Waals surface area contributed by atoms with Crippen LogP contribution in [0.5, 0.6) is 5.75 Å². The number of aryl methyl sites for hydroxylation is 1. The van der Waals surface area contributed by atoms with Gasteiger partial charge in [0, 0.05) is 11.1 Å². The molecule has 1 heterocycles. The Balaban J connectivity index is 1.94. The van der Waals surface area contributed by atoms with Crippen molar-refractivity contribution >= 4 is 5.69 Å². The predicted octanol–water partition coefficient (Wildman–Crippen LogP) is 4.47. The third-order valence-corrected chi connectivity index (χ3v) is 4.29. The van der Waals surface area contributed by atoms with Crippen molar-refractivity contribution in [3.8, 4) is 39.9 Å². The van der Waals surface area contributed by atoms with Gasteiger partial charge in [0.15, 0.2) is 17.5 Å². The Morgan fingerprint density at radius 1 is 0.667 bits per heavy atom. The molecule has 5 nitrogen and oxygen atoms in total. The molecule has 0 aliphatic carbocycles. The van der Waals surface area contributed by atoms with Crippen LogP contribution in [0.15, 0.2) is 72.8 Å². The molecule has 0 amide bonds. The molecule has 0 unspecified atom stereocenters. The molecule has 4 aromatic rings. The fourth-order valence-electron chi connectivity index (χ4n) is 2.79. The summed E-state index contributed by atoms with van der Waals surface area (Å²) in [7, 11) is 0. The molecule has 0 aliphatic rings. The smallest absolute Gasteiger partial charge is 0.167 e. The van der Waals surface area contributed by atoms with Crippen LogP contribution < -0.4 is 5.73 Å². The molecule has 0 radical (unpaired) electrons. The number of anilines is 1. The summed E-state index contributed by atoms with van der Waals surface area (Å²) in [4.78, 5) is 13.8. The predicted molar refractivity (Wildman–Crippen MR) is 107 cm³/mol. The van der Waals surface area contributed by atoms with E-state index in [0.717, 1.165) is 16.7 Å². The van der Waals surface area contributed by atoms with Crippen LogP contribution >= 0.6 is 0 Å². The van der Waals surface area contributed by atoms with E-state index in [0.29, 0.717) is 23.0 Å². The number of hydrogen-bond donors (Lipinski definition) is 2. The lowest BCUT2D eigenvalue weighted by molar-refractivity contribution is 0.479. The zero-order chi connectivity index (χ0) is 18.8. The molecule has 0 saturated heterocycles. The van der Waals surface area contributed by atoms with E-state index < -0.39 is 0 Å². The number of para-hydroxylation sites is 1. The van der Waals surface area contributed by atoms with E-state index in [4.69, 9.17) is 5.73 Å². The highest BCUT2D eigenvalue weighted by molar-refractivity contribution is 5.74. The van der Waals surface area contributed by atoms with Gasteiger partial charge in [0.1, 0.15) is 5.75 Å². The highest BCUT2D eigenvalue weighted by Crippen LogP contribution is 2.33. The molecule has 0 fully saturated rings. The first-order chi connectivity index (χ1) is 13.1. The van der Waals surface area contributed by atoms with Gasteiger partial charge < -0.3 is 10.8 Å². The minimum atomic E-state index is -0.0300. The van der Waals surface area contributed by atoms with Crippen LogP contribution in [0.3, 0.4) is 0 Å². The number of aromatic nitrogens is 3. The molecule has 27 heavy (non-hydrogen) atoms. The van der Waals surface area contributed by atoms with Gasteiger partial charge in [0.05, 0.1) is 11.3 Å². The molecule has 0 bridgehead atoms. The fourth-order valence-corrected chi connectivity index (χ4v) is 2.79. The van der Waals surface area contributed by atoms with Crippen molar-refractivity contribution in [3.05, 3.63) is 78.4 Å². The van der Waals surface area contributed by atoms with Crippen molar-refractivity contribution in [1.29, 1.82) is 0 Å². The maximum atomic E-state index is 10.4.